The van der Waals surface area contributed by atoms with Gasteiger partial charge in [-0.25, -0.2) is 0 Å². The lowest BCUT2D eigenvalue weighted by Crippen LogP contribution is -2.22. The van der Waals surface area contributed by atoms with Gasteiger partial charge in [-0.3, -0.25) is 19.2 Å². The van der Waals surface area contributed by atoms with E-state index in [1.807, 2.05) is 0 Å². The lowest BCUT2D eigenvalue weighted by atomic mass is 9.89. The Morgan fingerprint density at radius 2 is 1.45 bits per heavy atom. The zero-order chi connectivity index (χ0) is 16.9. The maximum absolute atomic E-state index is 11.7. The SMILES string of the molecule is CC(=O)c1cc(C(C)=O)cc(C(CCCC(N)=O)C(N)=O)c1. The third-order valence-electron chi connectivity index (χ3n) is 3.43. The molecule has 22 heavy (non-hydrogen) atoms. The van der Waals surface area contributed by atoms with E-state index in [0.717, 1.165) is 0 Å². The van der Waals surface area contributed by atoms with Crippen molar-refractivity contribution in [2.75, 3.05) is 0 Å². The number of nitrogens with two attached hydrogens (primary N) is 2. The minimum Gasteiger partial charge on any atom is -0.370 e. The molecule has 1 unspecified atom stereocenters. The molecule has 6 nitrogen and oxygen atoms in total. The van der Waals surface area contributed by atoms with Gasteiger partial charge in [0.1, 0.15) is 0 Å². The molecule has 1 rings (SSSR count). The van der Waals surface area contributed by atoms with Crippen molar-refractivity contribution in [1.29, 1.82) is 0 Å². The topological polar surface area (TPSA) is 120 Å². The van der Waals surface area contributed by atoms with Crippen LogP contribution in [0.3, 0.4) is 0 Å². The van der Waals surface area contributed by atoms with Crippen LogP contribution < -0.4 is 11.5 Å². The number of carbonyl (C=O) groups is 4. The van der Waals surface area contributed by atoms with Gasteiger partial charge in [0, 0.05) is 17.5 Å². The van der Waals surface area contributed by atoms with Crippen molar-refractivity contribution in [3.8, 4) is 0 Å². The molecule has 118 valence electrons. The quantitative estimate of drug-likeness (QED) is 0.703. The van der Waals surface area contributed by atoms with Crippen LogP contribution in [0.2, 0.25) is 0 Å². The van der Waals surface area contributed by atoms with Crippen LogP contribution in [0.25, 0.3) is 0 Å². The molecule has 0 heterocycles. The number of Topliss-reactive ketones (excluding diaryl/α,β-unsaturated/α-hetero) is 2. The Balaban J connectivity index is 3.17. The van der Waals surface area contributed by atoms with Gasteiger partial charge in [-0.15, -0.1) is 0 Å². The smallest absolute Gasteiger partial charge is 0.224 e. The number of benzene rings is 1. The molecular weight excluding hydrogens is 284 g/mol. The Hall–Kier alpha value is -2.50. The molecule has 0 radical (unpaired) electrons. The maximum atomic E-state index is 11.7. The van der Waals surface area contributed by atoms with E-state index in [0.29, 0.717) is 29.5 Å². The standard InChI is InChI=1S/C16H20N2O4/c1-9(19)11-6-12(10(2)20)8-13(7-11)14(16(18)22)4-3-5-15(17)21/h6-8,14H,3-5H2,1-2H3,(H2,17,21)(H2,18,22). The number of hydrogen-bond acceptors (Lipinski definition) is 4. The van der Waals surface area contributed by atoms with Crippen LogP contribution >= 0.6 is 0 Å². The normalized spacial score (nSPS) is 11.7. The molecule has 0 aliphatic carbocycles. The molecule has 0 spiro atoms. The van der Waals surface area contributed by atoms with Gasteiger partial charge < -0.3 is 11.5 Å². The zero-order valence-corrected chi connectivity index (χ0v) is 12.7. The summed E-state index contributed by atoms with van der Waals surface area (Å²) in [6.45, 7) is 2.77. The Morgan fingerprint density at radius 1 is 0.955 bits per heavy atom. The Labute approximate surface area is 128 Å². The van der Waals surface area contributed by atoms with E-state index < -0.39 is 17.7 Å². The summed E-state index contributed by atoms with van der Waals surface area (Å²) in [7, 11) is 0. The number of primary amides is 2. The fourth-order valence-electron chi connectivity index (χ4n) is 2.21. The van der Waals surface area contributed by atoms with Crippen molar-refractivity contribution in [1.82, 2.24) is 0 Å². The average molecular weight is 304 g/mol. The van der Waals surface area contributed by atoms with Gasteiger partial charge in [0.05, 0.1) is 5.92 Å². The number of rotatable bonds is 8. The van der Waals surface area contributed by atoms with Gasteiger partial charge in [0.15, 0.2) is 11.6 Å². The molecule has 1 aromatic carbocycles. The lowest BCUT2D eigenvalue weighted by Gasteiger charge is -2.15. The molecule has 0 bridgehead atoms. The molecular formula is C16H20N2O4. The predicted molar refractivity (Wildman–Crippen MR) is 81.4 cm³/mol. The Morgan fingerprint density at radius 3 is 1.82 bits per heavy atom. The van der Waals surface area contributed by atoms with Gasteiger partial charge in [-0.05, 0) is 50.5 Å². The number of hydrogen-bond donors (Lipinski definition) is 2. The van der Waals surface area contributed by atoms with E-state index in [-0.39, 0.29) is 18.0 Å². The van der Waals surface area contributed by atoms with Crippen LogP contribution in [0.1, 0.15) is 65.3 Å². The molecule has 0 saturated heterocycles. The van der Waals surface area contributed by atoms with Gasteiger partial charge >= 0.3 is 0 Å². The molecule has 2 amide bonds. The first-order chi connectivity index (χ1) is 10.2. The summed E-state index contributed by atoms with van der Waals surface area (Å²) in [5.41, 5.74) is 11.7. The van der Waals surface area contributed by atoms with E-state index in [2.05, 4.69) is 0 Å². The van der Waals surface area contributed by atoms with Crippen molar-refractivity contribution in [3.63, 3.8) is 0 Å². The van der Waals surface area contributed by atoms with Gasteiger partial charge in [-0.1, -0.05) is 0 Å². The summed E-state index contributed by atoms with van der Waals surface area (Å²) in [6.07, 6.45) is 0.884. The highest BCUT2D eigenvalue weighted by molar-refractivity contribution is 6.00. The van der Waals surface area contributed by atoms with Gasteiger partial charge in [0.2, 0.25) is 11.8 Å². The molecule has 0 saturated carbocycles. The molecule has 0 aromatic heterocycles. The van der Waals surface area contributed by atoms with Crippen molar-refractivity contribution in [3.05, 3.63) is 34.9 Å². The van der Waals surface area contributed by atoms with Crippen LogP contribution in [0.5, 0.6) is 0 Å². The summed E-state index contributed by atoms with van der Waals surface area (Å²) in [6, 6.07) is 4.62. The number of carbonyl (C=O) groups excluding carboxylic acids is 4. The van der Waals surface area contributed by atoms with Crippen LogP contribution in [-0.4, -0.2) is 23.4 Å². The molecule has 1 aromatic rings. The van der Waals surface area contributed by atoms with Crippen LogP contribution in [0.15, 0.2) is 18.2 Å². The Kier molecular flexibility index (Phi) is 5.98. The maximum Gasteiger partial charge on any atom is 0.224 e. The van der Waals surface area contributed by atoms with Crippen molar-refractivity contribution >= 4 is 23.4 Å². The van der Waals surface area contributed by atoms with E-state index >= 15 is 0 Å². The van der Waals surface area contributed by atoms with Gasteiger partial charge in [-0.2, -0.15) is 0 Å². The predicted octanol–water partition coefficient (Wildman–Crippen LogP) is 1.32. The second-order valence-corrected chi connectivity index (χ2v) is 5.27. The van der Waals surface area contributed by atoms with Crippen LogP contribution in [0, 0.1) is 0 Å². The van der Waals surface area contributed by atoms with Crippen molar-refractivity contribution < 1.29 is 19.2 Å². The second-order valence-electron chi connectivity index (χ2n) is 5.27. The third-order valence-corrected chi connectivity index (χ3v) is 3.43. The minimum atomic E-state index is -0.670. The highest BCUT2D eigenvalue weighted by Gasteiger charge is 2.20. The Bertz CT molecular complexity index is 590. The first-order valence-corrected chi connectivity index (χ1v) is 6.97. The monoisotopic (exact) mass is 304 g/mol. The van der Waals surface area contributed by atoms with E-state index in [9.17, 15) is 19.2 Å². The summed E-state index contributed by atoms with van der Waals surface area (Å²) in [4.78, 5) is 45.6. The largest absolute Gasteiger partial charge is 0.370 e. The van der Waals surface area contributed by atoms with Crippen molar-refractivity contribution in [2.45, 2.75) is 39.0 Å². The van der Waals surface area contributed by atoms with Crippen molar-refractivity contribution in [2.24, 2.45) is 11.5 Å². The molecule has 0 aliphatic heterocycles. The first-order valence-electron chi connectivity index (χ1n) is 6.97. The van der Waals surface area contributed by atoms with E-state index in [1.54, 1.807) is 12.1 Å². The van der Waals surface area contributed by atoms with Crippen LogP contribution in [-0.2, 0) is 9.59 Å². The zero-order valence-electron chi connectivity index (χ0n) is 12.7. The summed E-state index contributed by atoms with van der Waals surface area (Å²) < 4.78 is 0. The number of amides is 2. The highest BCUT2D eigenvalue weighted by Crippen LogP contribution is 2.25. The molecule has 1 atom stereocenters. The second kappa shape index (κ2) is 7.49. The summed E-state index contributed by atoms with van der Waals surface area (Å²) in [5.74, 6) is -2.10. The molecule has 0 aliphatic rings. The third kappa shape index (κ3) is 4.80. The molecule has 0 fully saturated rings. The van der Waals surface area contributed by atoms with E-state index in [1.165, 1.54) is 19.9 Å². The molecule has 6 heteroatoms. The van der Waals surface area contributed by atoms with E-state index in [4.69, 9.17) is 11.5 Å². The lowest BCUT2D eigenvalue weighted by molar-refractivity contribution is -0.120. The minimum absolute atomic E-state index is 0.149. The first kappa shape index (κ1) is 17.6. The highest BCUT2D eigenvalue weighted by atomic mass is 16.1. The molecule has 4 N–H and O–H groups in total. The number of ketones is 2. The van der Waals surface area contributed by atoms with Crippen LogP contribution in [0.4, 0.5) is 0 Å². The fraction of sp³-hybridized carbons (Fsp3) is 0.375. The average Bonchev–Trinajstić information content (AvgIpc) is 2.42. The summed E-state index contributed by atoms with van der Waals surface area (Å²) in [5, 5.41) is 0. The van der Waals surface area contributed by atoms with Gasteiger partial charge in [0.25, 0.3) is 0 Å². The fourth-order valence-corrected chi connectivity index (χ4v) is 2.21. The summed E-state index contributed by atoms with van der Waals surface area (Å²) >= 11 is 0.